The van der Waals surface area contributed by atoms with Gasteiger partial charge >= 0.3 is 5.97 Å². The average molecular weight is 318 g/mol. The van der Waals surface area contributed by atoms with E-state index in [2.05, 4.69) is 5.10 Å². The van der Waals surface area contributed by atoms with Crippen LogP contribution in [0.15, 0.2) is 24.3 Å². The van der Waals surface area contributed by atoms with Crippen molar-refractivity contribution in [2.45, 2.75) is 12.5 Å². The van der Waals surface area contributed by atoms with Crippen LogP contribution in [0.2, 0.25) is 0 Å². The van der Waals surface area contributed by atoms with E-state index in [4.69, 9.17) is 19.3 Å². The smallest absolute Gasteiger partial charge is 0.356 e. The molecule has 0 amide bonds. The molecule has 7 nitrogen and oxygen atoms in total. The molecule has 3 rings (SSSR count). The number of ether oxygens (including phenoxy) is 3. The van der Waals surface area contributed by atoms with E-state index >= 15 is 0 Å². The van der Waals surface area contributed by atoms with Crippen molar-refractivity contribution in [3.8, 4) is 22.8 Å². The van der Waals surface area contributed by atoms with E-state index < -0.39 is 5.97 Å². The molecule has 1 N–H and O–H groups in total. The third-order valence-corrected chi connectivity index (χ3v) is 3.74. The predicted octanol–water partition coefficient (Wildman–Crippen LogP) is 1.96. The summed E-state index contributed by atoms with van der Waals surface area (Å²) in [6, 6.07) is 7.02. The number of benzene rings is 1. The molecular formula is C16H18N2O5. The van der Waals surface area contributed by atoms with Crippen molar-refractivity contribution in [1.29, 1.82) is 0 Å². The number of carbonyl (C=O) groups is 1. The van der Waals surface area contributed by atoms with Gasteiger partial charge in [-0.1, -0.05) is 0 Å². The molecular weight excluding hydrogens is 300 g/mol. The second-order valence-electron chi connectivity index (χ2n) is 5.31. The summed E-state index contributed by atoms with van der Waals surface area (Å²) in [5.41, 5.74) is 1.50. The van der Waals surface area contributed by atoms with Crippen LogP contribution in [0.3, 0.4) is 0 Å². The SMILES string of the molecule is COc1cc(-c2cc(C(=O)O)nn2C)ccc1OC1CCOC1. The Bertz CT molecular complexity index is 719. The van der Waals surface area contributed by atoms with Gasteiger partial charge in [-0.3, -0.25) is 4.68 Å². The largest absolute Gasteiger partial charge is 0.493 e. The summed E-state index contributed by atoms with van der Waals surface area (Å²) in [6.07, 6.45) is 0.888. The van der Waals surface area contributed by atoms with Gasteiger partial charge in [0.05, 0.1) is 26.0 Å². The number of hydrogen-bond acceptors (Lipinski definition) is 5. The third-order valence-electron chi connectivity index (χ3n) is 3.74. The maximum atomic E-state index is 11.0. The molecule has 23 heavy (non-hydrogen) atoms. The Morgan fingerprint density at radius 2 is 2.22 bits per heavy atom. The highest BCUT2D eigenvalue weighted by atomic mass is 16.6. The van der Waals surface area contributed by atoms with Gasteiger partial charge < -0.3 is 19.3 Å². The Hall–Kier alpha value is -2.54. The lowest BCUT2D eigenvalue weighted by atomic mass is 10.1. The minimum atomic E-state index is -1.06. The second-order valence-corrected chi connectivity index (χ2v) is 5.31. The molecule has 0 spiro atoms. The molecule has 1 aromatic heterocycles. The van der Waals surface area contributed by atoms with E-state index in [0.717, 1.165) is 12.0 Å². The Kier molecular flexibility index (Phi) is 4.20. The lowest BCUT2D eigenvalue weighted by Crippen LogP contribution is -2.16. The summed E-state index contributed by atoms with van der Waals surface area (Å²) in [5, 5.41) is 13.0. The summed E-state index contributed by atoms with van der Waals surface area (Å²) in [6.45, 7) is 1.28. The van der Waals surface area contributed by atoms with Gasteiger partial charge in [0.2, 0.25) is 0 Å². The summed E-state index contributed by atoms with van der Waals surface area (Å²) in [7, 11) is 3.28. The number of methoxy groups -OCH3 is 1. The fourth-order valence-electron chi connectivity index (χ4n) is 2.55. The van der Waals surface area contributed by atoms with Crippen LogP contribution in [-0.4, -0.2) is 47.3 Å². The van der Waals surface area contributed by atoms with E-state index in [9.17, 15) is 4.79 Å². The standard InChI is InChI=1S/C16H18N2O5/c1-18-13(8-12(17-18)16(19)20)10-3-4-14(15(7-10)21-2)23-11-5-6-22-9-11/h3-4,7-8,11H,5-6,9H2,1-2H3,(H,19,20). The lowest BCUT2D eigenvalue weighted by molar-refractivity contribution is 0.0689. The van der Waals surface area contributed by atoms with Crippen molar-refractivity contribution in [1.82, 2.24) is 9.78 Å². The first kappa shape index (κ1) is 15.4. The first-order valence-corrected chi connectivity index (χ1v) is 7.28. The number of rotatable bonds is 5. The van der Waals surface area contributed by atoms with Gasteiger partial charge in [-0.05, 0) is 24.3 Å². The predicted molar refractivity (Wildman–Crippen MR) is 82.0 cm³/mol. The van der Waals surface area contributed by atoms with E-state index in [1.165, 1.54) is 10.7 Å². The molecule has 0 aliphatic carbocycles. The van der Waals surface area contributed by atoms with E-state index in [-0.39, 0.29) is 11.8 Å². The maximum absolute atomic E-state index is 11.0. The van der Waals surface area contributed by atoms with Gasteiger partial charge in [0.1, 0.15) is 6.10 Å². The Balaban J connectivity index is 1.90. The van der Waals surface area contributed by atoms with Gasteiger partial charge in [-0.2, -0.15) is 5.10 Å². The number of aryl methyl sites for hydroxylation is 1. The Morgan fingerprint density at radius 1 is 1.39 bits per heavy atom. The number of nitrogens with zero attached hydrogens (tertiary/aromatic N) is 2. The van der Waals surface area contributed by atoms with Crippen molar-refractivity contribution in [3.05, 3.63) is 30.0 Å². The monoisotopic (exact) mass is 318 g/mol. The third kappa shape index (κ3) is 3.14. The van der Waals surface area contributed by atoms with Gasteiger partial charge in [0.25, 0.3) is 0 Å². The zero-order valence-corrected chi connectivity index (χ0v) is 13.0. The first-order valence-electron chi connectivity index (χ1n) is 7.28. The molecule has 2 aromatic rings. The molecule has 1 saturated heterocycles. The maximum Gasteiger partial charge on any atom is 0.356 e. The van der Waals surface area contributed by atoms with Crippen LogP contribution in [0.5, 0.6) is 11.5 Å². The zero-order chi connectivity index (χ0) is 16.4. The summed E-state index contributed by atoms with van der Waals surface area (Å²) < 4.78 is 18.1. The highest BCUT2D eigenvalue weighted by molar-refractivity contribution is 5.87. The summed E-state index contributed by atoms with van der Waals surface area (Å²) in [5.74, 6) is 0.180. The molecule has 1 fully saturated rings. The zero-order valence-electron chi connectivity index (χ0n) is 13.0. The van der Waals surface area contributed by atoms with Crippen molar-refractivity contribution >= 4 is 5.97 Å². The van der Waals surface area contributed by atoms with Gasteiger partial charge in [0, 0.05) is 19.0 Å². The molecule has 1 aromatic carbocycles. The van der Waals surface area contributed by atoms with Crippen LogP contribution in [-0.2, 0) is 11.8 Å². The Labute approximate surface area is 133 Å². The molecule has 1 unspecified atom stereocenters. The minimum Gasteiger partial charge on any atom is -0.493 e. The number of hydrogen-bond donors (Lipinski definition) is 1. The van der Waals surface area contributed by atoms with Crippen LogP contribution < -0.4 is 9.47 Å². The lowest BCUT2D eigenvalue weighted by Gasteiger charge is -2.15. The number of carboxylic acid groups (broad SMARTS) is 1. The highest BCUT2D eigenvalue weighted by Gasteiger charge is 2.20. The van der Waals surface area contributed by atoms with Gasteiger partial charge in [-0.15, -0.1) is 0 Å². The van der Waals surface area contributed by atoms with Gasteiger partial charge in [-0.25, -0.2) is 4.79 Å². The molecule has 7 heteroatoms. The number of aromatic nitrogens is 2. The molecule has 0 saturated carbocycles. The molecule has 1 atom stereocenters. The van der Waals surface area contributed by atoms with E-state index in [1.54, 1.807) is 14.2 Å². The highest BCUT2D eigenvalue weighted by Crippen LogP contribution is 2.34. The molecule has 2 heterocycles. The average Bonchev–Trinajstić information content (AvgIpc) is 3.17. The van der Waals surface area contributed by atoms with Gasteiger partial charge in [0.15, 0.2) is 17.2 Å². The van der Waals surface area contributed by atoms with Crippen LogP contribution >= 0.6 is 0 Å². The van der Waals surface area contributed by atoms with Crippen LogP contribution in [0.4, 0.5) is 0 Å². The molecule has 122 valence electrons. The first-order chi connectivity index (χ1) is 11.1. The Morgan fingerprint density at radius 3 is 2.83 bits per heavy atom. The van der Waals surface area contributed by atoms with Crippen molar-refractivity contribution in [2.24, 2.45) is 7.05 Å². The van der Waals surface area contributed by atoms with Crippen LogP contribution in [0.25, 0.3) is 11.3 Å². The van der Waals surface area contributed by atoms with E-state index in [1.807, 2.05) is 18.2 Å². The minimum absolute atomic E-state index is 0.00453. The van der Waals surface area contributed by atoms with Crippen molar-refractivity contribution in [3.63, 3.8) is 0 Å². The van der Waals surface area contributed by atoms with Crippen LogP contribution in [0, 0.1) is 0 Å². The summed E-state index contributed by atoms with van der Waals surface area (Å²) in [4.78, 5) is 11.0. The van der Waals surface area contributed by atoms with Crippen molar-refractivity contribution < 1.29 is 24.1 Å². The quantitative estimate of drug-likeness (QED) is 0.907. The van der Waals surface area contributed by atoms with Crippen LogP contribution in [0.1, 0.15) is 16.9 Å². The fourth-order valence-corrected chi connectivity index (χ4v) is 2.55. The molecule has 0 radical (unpaired) electrons. The molecule has 0 bridgehead atoms. The second kappa shape index (κ2) is 6.29. The molecule has 1 aliphatic rings. The number of carboxylic acids is 1. The van der Waals surface area contributed by atoms with Crippen molar-refractivity contribution in [2.75, 3.05) is 20.3 Å². The fraction of sp³-hybridized carbons (Fsp3) is 0.375. The number of aromatic carboxylic acids is 1. The summed E-state index contributed by atoms with van der Waals surface area (Å²) >= 11 is 0. The van der Waals surface area contributed by atoms with E-state index in [0.29, 0.717) is 30.4 Å². The molecule has 1 aliphatic heterocycles. The topological polar surface area (TPSA) is 82.8 Å². The normalized spacial score (nSPS) is 17.2.